The van der Waals surface area contributed by atoms with E-state index < -0.39 is 0 Å². The first-order valence-corrected chi connectivity index (χ1v) is 7.11. The molecule has 2 aromatic heterocycles. The first-order valence-electron chi connectivity index (χ1n) is 6.38. The fraction of sp³-hybridized carbons (Fsp3) is 0.500. The van der Waals surface area contributed by atoms with Crippen LogP contribution in [0.1, 0.15) is 17.3 Å². The number of aromatic nitrogens is 3. The van der Waals surface area contributed by atoms with Crippen molar-refractivity contribution >= 4 is 28.8 Å². The molecular weight excluding hydrogens is 262 g/mol. The highest BCUT2D eigenvalue weighted by Crippen LogP contribution is 2.13. The summed E-state index contributed by atoms with van der Waals surface area (Å²) in [4.78, 5) is 20.8. The lowest BCUT2D eigenvalue weighted by Crippen LogP contribution is -2.48. The highest BCUT2D eigenvalue weighted by Gasteiger charge is 2.21. The van der Waals surface area contributed by atoms with Crippen LogP contribution in [0.3, 0.4) is 0 Å². The molecule has 2 aromatic rings. The number of carbonyl (C=O) groups excluding carboxylic acids is 1. The Morgan fingerprint density at radius 1 is 1.32 bits per heavy atom. The van der Waals surface area contributed by atoms with E-state index in [1.165, 1.54) is 0 Å². The quantitative estimate of drug-likeness (QED) is 0.815. The molecule has 6 nitrogen and oxygen atoms in total. The van der Waals surface area contributed by atoms with Gasteiger partial charge in [0, 0.05) is 32.4 Å². The van der Waals surface area contributed by atoms with Crippen molar-refractivity contribution in [3.63, 3.8) is 0 Å². The van der Waals surface area contributed by atoms with Crippen molar-refractivity contribution in [2.45, 2.75) is 6.92 Å². The molecule has 1 fully saturated rings. The molecule has 1 aliphatic heterocycles. The van der Waals surface area contributed by atoms with Gasteiger partial charge < -0.3 is 9.80 Å². The van der Waals surface area contributed by atoms with Crippen LogP contribution in [0.25, 0.3) is 11.2 Å². The summed E-state index contributed by atoms with van der Waals surface area (Å²) in [6.45, 7) is 6.62. The van der Waals surface area contributed by atoms with Gasteiger partial charge in [0.2, 0.25) is 0 Å². The van der Waals surface area contributed by atoms with Gasteiger partial charge in [-0.1, -0.05) is 6.92 Å². The van der Waals surface area contributed by atoms with Crippen molar-refractivity contribution in [3.8, 4) is 0 Å². The third-order valence-corrected chi connectivity index (χ3v) is 4.00. The fourth-order valence-electron chi connectivity index (χ4n) is 2.25. The van der Waals surface area contributed by atoms with Gasteiger partial charge in [0.1, 0.15) is 5.52 Å². The van der Waals surface area contributed by atoms with Crippen LogP contribution in [-0.4, -0.2) is 62.2 Å². The molecule has 3 rings (SSSR count). The van der Waals surface area contributed by atoms with E-state index in [1.807, 2.05) is 4.90 Å². The number of hydrogen-bond donors (Lipinski definition) is 0. The molecule has 3 heterocycles. The Balaban J connectivity index is 1.76. The number of hydrogen-bond acceptors (Lipinski definition) is 6. The van der Waals surface area contributed by atoms with Crippen LogP contribution < -0.4 is 0 Å². The third-order valence-electron chi connectivity index (χ3n) is 3.47. The lowest BCUT2D eigenvalue weighted by molar-refractivity contribution is 0.0643. The van der Waals surface area contributed by atoms with E-state index in [0.29, 0.717) is 16.7 Å². The van der Waals surface area contributed by atoms with Gasteiger partial charge >= 0.3 is 0 Å². The minimum Gasteiger partial charge on any atom is -0.336 e. The molecule has 100 valence electrons. The Labute approximate surface area is 115 Å². The number of carbonyl (C=O) groups is 1. The Bertz CT molecular complexity index is 591. The van der Waals surface area contributed by atoms with Gasteiger partial charge in [-0.15, -0.1) is 0 Å². The first-order chi connectivity index (χ1) is 9.28. The molecule has 0 bridgehead atoms. The van der Waals surface area contributed by atoms with Crippen LogP contribution in [-0.2, 0) is 0 Å². The minimum atomic E-state index is 0.0400. The lowest BCUT2D eigenvalue weighted by atomic mass is 10.2. The van der Waals surface area contributed by atoms with Crippen LogP contribution >= 0.6 is 11.7 Å². The van der Waals surface area contributed by atoms with Crippen molar-refractivity contribution in [3.05, 3.63) is 17.8 Å². The van der Waals surface area contributed by atoms with Gasteiger partial charge in [-0.2, -0.15) is 8.75 Å². The first kappa shape index (κ1) is 12.4. The van der Waals surface area contributed by atoms with Crippen molar-refractivity contribution in [2.24, 2.45) is 0 Å². The number of piperazine rings is 1. The monoisotopic (exact) mass is 277 g/mol. The standard InChI is InChI=1S/C12H15N5OS/c1-2-16-3-5-17(6-4-16)12(18)9-7-10-11(13-8-9)15-19-14-10/h7-8H,2-6H2,1H3. The van der Waals surface area contributed by atoms with Crippen molar-refractivity contribution in [1.29, 1.82) is 0 Å². The molecular formula is C12H15N5OS. The van der Waals surface area contributed by atoms with Gasteiger partial charge in [0.25, 0.3) is 5.91 Å². The summed E-state index contributed by atoms with van der Waals surface area (Å²) in [7, 11) is 0. The molecule has 0 aromatic carbocycles. The van der Waals surface area contributed by atoms with Crippen LogP contribution in [0.2, 0.25) is 0 Å². The molecule has 0 aliphatic carbocycles. The summed E-state index contributed by atoms with van der Waals surface area (Å²) in [5.74, 6) is 0.0400. The van der Waals surface area contributed by atoms with E-state index in [-0.39, 0.29) is 5.91 Å². The maximum absolute atomic E-state index is 12.4. The van der Waals surface area contributed by atoms with Crippen LogP contribution in [0.4, 0.5) is 0 Å². The van der Waals surface area contributed by atoms with E-state index >= 15 is 0 Å². The van der Waals surface area contributed by atoms with Crippen molar-refractivity contribution in [2.75, 3.05) is 32.7 Å². The number of fused-ring (bicyclic) bond motifs is 1. The molecule has 1 aliphatic rings. The Morgan fingerprint density at radius 2 is 2.11 bits per heavy atom. The largest absolute Gasteiger partial charge is 0.336 e. The maximum atomic E-state index is 12.4. The number of likely N-dealkylation sites (N-methyl/N-ethyl adjacent to an activating group) is 1. The highest BCUT2D eigenvalue weighted by atomic mass is 32.1. The van der Waals surface area contributed by atoms with E-state index in [1.54, 1.807) is 12.3 Å². The number of nitrogens with zero attached hydrogens (tertiary/aromatic N) is 5. The normalized spacial score (nSPS) is 17.0. The van der Waals surface area contributed by atoms with Crippen molar-refractivity contribution in [1.82, 2.24) is 23.5 Å². The molecule has 0 saturated carbocycles. The molecule has 7 heteroatoms. The maximum Gasteiger partial charge on any atom is 0.255 e. The van der Waals surface area contributed by atoms with E-state index in [4.69, 9.17) is 0 Å². The van der Waals surface area contributed by atoms with Gasteiger partial charge in [-0.05, 0) is 12.6 Å². The SMILES string of the molecule is CCN1CCN(C(=O)c2cnc3nsnc3c2)CC1. The molecule has 0 spiro atoms. The lowest BCUT2D eigenvalue weighted by Gasteiger charge is -2.34. The van der Waals surface area contributed by atoms with Crippen LogP contribution in [0, 0.1) is 0 Å². The second-order valence-corrected chi connectivity index (χ2v) is 5.09. The topological polar surface area (TPSA) is 62.2 Å². The molecule has 0 N–H and O–H groups in total. The van der Waals surface area contributed by atoms with Crippen molar-refractivity contribution < 1.29 is 4.79 Å². The van der Waals surface area contributed by atoms with E-state index in [0.717, 1.165) is 44.5 Å². The molecule has 1 amide bonds. The summed E-state index contributed by atoms with van der Waals surface area (Å²) in [5.41, 5.74) is 1.91. The fourth-order valence-corrected chi connectivity index (χ4v) is 2.73. The second-order valence-electron chi connectivity index (χ2n) is 4.56. The Kier molecular flexibility index (Phi) is 3.39. The number of pyridine rings is 1. The van der Waals surface area contributed by atoms with Gasteiger partial charge in [-0.25, -0.2) is 4.98 Å². The van der Waals surface area contributed by atoms with Crippen LogP contribution in [0.5, 0.6) is 0 Å². The summed E-state index contributed by atoms with van der Waals surface area (Å²) in [6.07, 6.45) is 1.60. The van der Waals surface area contributed by atoms with Gasteiger partial charge in [0.05, 0.1) is 17.3 Å². The van der Waals surface area contributed by atoms with Gasteiger partial charge in [-0.3, -0.25) is 4.79 Å². The summed E-state index contributed by atoms with van der Waals surface area (Å²) < 4.78 is 8.16. The molecule has 1 saturated heterocycles. The third kappa shape index (κ3) is 2.43. The number of amides is 1. The van der Waals surface area contributed by atoms with E-state index in [9.17, 15) is 4.79 Å². The Morgan fingerprint density at radius 3 is 2.84 bits per heavy atom. The predicted octanol–water partition coefficient (Wildman–Crippen LogP) is 0.864. The molecule has 19 heavy (non-hydrogen) atoms. The molecule has 0 atom stereocenters. The Hall–Kier alpha value is -1.60. The van der Waals surface area contributed by atoms with Gasteiger partial charge in [0.15, 0.2) is 5.65 Å². The summed E-state index contributed by atoms with van der Waals surface area (Å²) >= 11 is 1.12. The average molecular weight is 277 g/mol. The second kappa shape index (κ2) is 5.18. The predicted molar refractivity (Wildman–Crippen MR) is 73.2 cm³/mol. The van der Waals surface area contributed by atoms with E-state index in [2.05, 4.69) is 25.6 Å². The summed E-state index contributed by atoms with van der Waals surface area (Å²) in [5, 5.41) is 0. The zero-order valence-corrected chi connectivity index (χ0v) is 11.6. The van der Waals surface area contributed by atoms with Crippen LogP contribution in [0.15, 0.2) is 12.3 Å². The zero-order valence-electron chi connectivity index (χ0n) is 10.7. The highest BCUT2D eigenvalue weighted by molar-refractivity contribution is 7.00. The minimum absolute atomic E-state index is 0.0400. The molecule has 0 unspecified atom stereocenters. The smallest absolute Gasteiger partial charge is 0.255 e. The zero-order chi connectivity index (χ0) is 13.2. The average Bonchev–Trinajstić information content (AvgIpc) is 2.94. The molecule has 0 radical (unpaired) electrons. The number of rotatable bonds is 2. The summed E-state index contributed by atoms with van der Waals surface area (Å²) in [6, 6.07) is 1.78.